The number of nitrogens with zero attached hydrogens (tertiary/aromatic N) is 4. The van der Waals surface area contributed by atoms with Gasteiger partial charge in [0.1, 0.15) is 0 Å². The summed E-state index contributed by atoms with van der Waals surface area (Å²) in [6.07, 6.45) is 0. The molecule has 178 valence electrons. The van der Waals surface area contributed by atoms with Gasteiger partial charge in [0.05, 0.1) is 18.6 Å². The van der Waals surface area contributed by atoms with Crippen molar-refractivity contribution in [3.63, 3.8) is 0 Å². The molecule has 35 heavy (non-hydrogen) atoms. The molecule has 0 spiro atoms. The maximum atomic E-state index is 12.7. The topological polar surface area (TPSA) is 95.1 Å². The van der Waals surface area contributed by atoms with Gasteiger partial charge in [-0.3, -0.25) is 9.36 Å². The molecule has 3 heterocycles. The van der Waals surface area contributed by atoms with Gasteiger partial charge in [0.25, 0.3) is 0 Å². The number of carbonyl (C=O) groups excluding carboxylic acids is 1. The lowest BCUT2D eigenvalue weighted by Gasteiger charge is -2.05. The van der Waals surface area contributed by atoms with Crippen molar-refractivity contribution in [3.05, 3.63) is 59.5 Å². The average molecular weight is 506 g/mol. The normalized spacial score (nSPS) is 11.2. The zero-order valence-electron chi connectivity index (χ0n) is 19.4. The molecular formula is C25H23N5O3S2. The first-order valence-electron chi connectivity index (χ1n) is 11.0. The van der Waals surface area contributed by atoms with Crippen LogP contribution in [0.3, 0.4) is 0 Å². The largest absolute Gasteiger partial charge is 0.493 e. The molecule has 0 unspecified atom stereocenters. The Balaban J connectivity index is 1.29. The number of hydrogen-bond acceptors (Lipinski definition) is 8. The quantitative estimate of drug-likeness (QED) is 0.263. The minimum Gasteiger partial charge on any atom is -0.493 e. The fourth-order valence-corrected chi connectivity index (χ4v) is 5.42. The number of benzene rings is 2. The molecule has 0 bridgehead atoms. The van der Waals surface area contributed by atoms with E-state index in [0.717, 1.165) is 21.5 Å². The van der Waals surface area contributed by atoms with E-state index in [-0.39, 0.29) is 11.7 Å². The minimum absolute atomic E-state index is 0.149. The van der Waals surface area contributed by atoms with Crippen LogP contribution in [0, 0.1) is 6.92 Å². The summed E-state index contributed by atoms with van der Waals surface area (Å²) < 4.78 is 13.4. The zero-order chi connectivity index (χ0) is 24.4. The van der Waals surface area contributed by atoms with Crippen LogP contribution in [-0.2, 0) is 11.3 Å². The number of thiazole rings is 1. The smallest absolute Gasteiger partial charge is 0.236 e. The summed E-state index contributed by atoms with van der Waals surface area (Å²) in [7, 11) is 1.61. The number of hydrogen-bond donors (Lipinski definition) is 1. The molecule has 1 N–H and O–H groups in total. The van der Waals surface area contributed by atoms with Gasteiger partial charge in [-0.1, -0.05) is 54.2 Å². The van der Waals surface area contributed by atoms with Gasteiger partial charge < -0.3 is 14.5 Å². The number of anilines is 1. The van der Waals surface area contributed by atoms with E-state index in [0.29, 0.717) is 39.7 Å². The Morgan fingerprint density at radius 2 is 2.00 bits per heavy atom. The van der Waals surface area contributed by atoms with Crippen molar-refractivity contribution >= 4 is 45.1 Å². The lowest BCUT2D eigenvalue weighted by molar-refractivity contribution is -0.113. The minimum atomic E-state index is -0.149. The van der Waals surface area contributed by atoms with E-state index in [1.54, 1.807) is 7.11 Å². The van der Waals surface area contributed by atoms with E-state index >= 15 is 0 Å². The summed E-state index contributed by atoms with van der Waals surface area (Å²) in [5, 5.41) is 13.7. The van der Waals surface area contributed by atoms with Crippen LogP contribution in [0.1, 0.15) is 11.8 Å². The molecule has 0 fully saturated rings. The third-order valence-electron chi connectivity index (χ3n) is 5.40. The van der Waals surface area contributed by atoms with E-state index in [1.807, 2.05) is 73.0 Å². The number of thioether (sulfide) groups is 1. The highest BCUT2D eigenvalue weighted by molar-refractivity contribution is 7.99. The van der Waals surface area contributed by atoms with E-state index in [9.17, 15) is 4.79 Å². The Hall–Kier alpha value is -3.63. The number of ether oxygens (including phenoxy) is 1. The lowest BCUT2D eigenvalue weighted by Crippen LogP contribution is -2.14. The molecule has 0 saturated carbocycles. The Bertz CT molecular complexity index is 1490. The van der Waals surface area contributed by atoms with Crippen molar-refractivity contribution in [1.82, 2.24) is 19.7 Å². The molecule has 5 aromatic rings. The molecule has 8 nitrogen and oxygen atoms in total. The second kappa shape index (κ2) is 9.93. The summed E-state index contributed by atoms with van der Waals surface area (Å²) in [6.45, 7) is 4.64. The van der Waals surface area contributed by atoms with Gasteiger partial charge in [0.2, 0.25) is 11.7 Å². The first-order valence-corrected chi connectivity index (χ1v) is 12.8. The SMILES string of the molecule is CCn1c(SCC(=O)Nc2nc(-c3ccccc3)c(C)s2)nnc1-c1cc2cccc(OC)c2o1. The predicted octanol–water partition coefficient (Wildman–Crippen LogP) is 5.88. The van der Waals surface area contributed by atoms with Crippen molar-refractivity contribution in [3.8, 4) is 28.6 Å². The van der Waals surface area contributed by atoms with Crippen molar-refractivity contribution in [2.75, 3.05) is 18.2 Å². The number of fused-ring (bicyclic) bond motifs is 1. The third-order valence-corrected chi connectivity index (χ3v) is 7.26. The molecular weight excluding hydrogens is 482 g/mol. The Kier molecular flexibility index (Phi) is 6.56. The standard InChI is InChI=1S/C25H23N5O3S2/c1-4-30-23(19-13-17-11-8-12-18(32-3)22(17)33-19)28-29-25(30)34-14-20(31)26-24-27-21(15(2)35-24)16-9-6-5-7-10-16/h5-13H,4,14H2,1-3H3,(H,26,27,31). The van der Waals surface area contributed by atoms with E-state index in [2.05, 4.69) is 20.5 Å². The van der Waals surface area contributed by atoms with Crippen LogP contribution >= 0.6 is 23.1 Å². The molecule has 0 atom stereocenters. The third kappa shape index (κ3) is 4.67. The van der Waals surface area contributed by atoms with Gasteiger partial charge in [-0.15, -0.1) is 21.5 Å². The lowest BCUT2D eigenvalue weighted by atomic mass is 10.1. The van der Waals surface area contributed by atoms with E-state index in [4.69, 9.17) is 9.15 Å². The molecule has 10 heteroatoms. The predicted molar refractivity (Wildman–Crippen MR) is 139 cm³/mol. The molecule has 0 saturated heterocycles. The number of para-hydroxylation sites is 1. The second-order valence-electron chi connectivity index (χ2n) is 7.67. The van der Waals surface area contributed by atoms with Crippen LogP contribution in [-0.4, -0.2) is 38.5 Å². The summed E-state index contributed by atoms with van der Waals surface area (Å²) in [5.74, 6) is 1.91. The fourth-order valence-electron chi connectivity index (χ4n) is 3.77. The summed E-state index contributed by atoms with van der Waals surface area (Å²) >= 11 is 2.79. The number of aryl methyl sites for hydroxylation is 1. The van der Waals surface area contributed by atoms with Crippen LogP contribution in [0.2, 0.25) is 0 Å². The van der Waals surface area contributed by atoms with Gasteiger partial charge >= 0.3 is 0 Å². The zero-order valence-corrected chi connectivity index (χ0v) is 21.1. The molecule has 3 aromatic heterocycles. The first kappa shape index (κ1) is 23.1. The van der Waals surface area contributed by atoms with Gasteiger partial charge in [-0.25, -0.2) is 4.98 Å². The number of carbonyl (C=O) groups is 1. The van der Waals surface area contributed by atoms with Crippen LogP contribution in [0.25, 0.3) is 33.8 Å². The molecule has 1 amide bonds. The Labute approximate surface area is 210 Å². The maximum absolute atomic E-state index is 12.7. The molecule has 2 aromatic carbocycles. The summed E-state index contributed by atoms with van der Waals surface area (Å²) in [4.78, 5) is 18.3. The number of rotatable bonds is 8. The van der Waals surface area contributed by atoms with Crippen LogP contribution in [0.15, 0.2) is 64.2 Å². The summed E-state index contributed by atoms with van der Waals surface area (Å²) in [5.41, 5.74) is 2.58. The number of amides is 1. The van der Waals surface area contributed by atoms with Crippen molar-refractivity contribution in [1.29, 1.82) is 0 Å². The Morgan fingerprint density at radius 3 is 2.77 bits per heavy atom. The average Bonchev–Trinajstić information content (AvgIpc) is 3.58. The highest BCUT2D eigenvalue weighted by atomic mass is 32.2. The van der Waals surface area contributed by atoms with E-state index < -0.39 is 0 Å². The molecule has 0 aliphatic heterocycles. The van der Waals surface area contributed by atoms with Gasteiger partial charge in [-0.05, 0) is 26.0 Å². The van der Waals surface area contributed by atoms with Crippen LogP contribution < -0.4 is 10.1 Å². The fraction of sp³-hybridized carbons (Fsp3) is 0.200. The highest BCUT2D eigenvalue weighted by Crippen LogP contribution is 2.34. The monoisotopic (exact) mass is 505 g/mol. The number of methoxy groups -OCH3 is 1. The van der Waals surface area contributed by atoms with Crippen LogP contribution in [0.4, 0.5) is 5.13 Å². The van der Waals surface area contributed by atoms with Crippen molar-refractivity contribution in [2.24, 2.45) is 0 Å². The van der Waals surface area contributed by atoms with Crippen molar-refractivity contribution < 1.29 is 13.9 Å². The maximum Gasteiger partial charge on any atom is 0.236 e. The first-order chi connectivity index (χ1) is 17.1. The Morgan fingerprint density at radius 1 is 1.17 bits per heavy atom. The van der Waals surface area contributed by atoms with Crippen LogP contribution in [0.5, 0.6) is 5.75 Å². The number of furan rings is 1. The highest BCUT2D eigenvalue weighted by Gasteiger charge is 2.19. The molecule has 0 radical (unpaired) electrons. The second-order valence-corrected chi connectivity index (χ2v) is 9.81. The number of aromatic nitrogens is 4. The molecule has 5 rings (SSSR count). The van der Waals surface area contributed by atoms with Crippen molar-refractivity contribution in [2.45, 2.75) is 25.5 Å². The summed E-state index contributed by atoms with van der Waals surface area (Å²) in [6, 6.07) is 17.6. The van der Waals surface area contributed by atoms with Gasteiger partial charge in [0.15, 0.2) is 27.4 Å². The van der Waals surface area contributed by atoms with E-state index in [1.165, 1.54) is 23.1 Å². The molecule has 0 aliphatic rings. The number of nitrogens with one attached hydrogen (secondary N) is 1. The van der Waals surface area contributed by atoms with Gasteiger partial charge in [0, 0.05) is 22.4 Å². The van der Waals surface area contributed by atoms with Gasteiger partial charge in [-0.2, -0.15) is 0 Å². The molecule has 0 aliphatic carbocycles.